The van der Waals surface area contributed by atoms with Crippen LogP contribution in [0, 0.1) is 61.6 Å². The second-order valence-corrected chi connectivity index (χ2v) is 19.8. The number of rotatable bonds is 8. The standard InChI is InChI=1S/C42H66O6/c1-7-8-9-10-16-39-19-15-32(46)38(6,33(47)23-43)31(39)14-18-36(4)34(39)30(45)21-28-29-22-35(2,3)24-40-17-11-12-27(40)13-20-41(48,25-37(28,36)5)42(29,40)26-44/h13,20-21,27,29,31-34,43-44,46-48H,7-12,14-19,22-26H2,1-6H3. The molecule has 0 bridgehead atoms. The minimum absolute atomic E-state index is 0.0117. The van der Waals surface area contributed by atoms with E-state index in [4.69, 9.17) is 0 Å². The highest BCUT2D eigenvalue weighted by molar-refractivity contribution is 5.96. The van der Waals surface area contributed by atoms with Crippen molar-refractivity contribution in [2.24, 2.45) is 61.6 Å². The maximum absolute atomic E-state index is 15.3. The normalized spacial score (nSPS) is 52.4. The van der Waals surface area contributed by atoms with Gasteiger partial charge in [0.15, 0.2) is 5.78 Å². The van der Waals surface area contributed by atoms with Gasteiger partial charge in [-0.1, -0.05) is 91.4 Å². The van der Waals surface area contributed by atoms with Gasteiger partial charge in [0.05, 0.1) is 31.0 Å². The Kier molecular flexibility index (Phi) is 8.27. The van der Waals surface area contributed by atoms with Gasteiger partial charge in [-0.05, 0) is 115 Å². The maximum atomic E-state index is 15.3. The van der Waals surface area contributed by atoms with Gasteiger partial charge in [0.2, 0.25) is 0 Å². The molecule has 0 saturated heterocycles. The molecule has 270 valence electrons. The number of allylic oxidation sites excluding steroid dienone is 3. The summed E-state index contributed by atoms with van der Waals surface area (Å²) in [6, 6.07) is 0. The third-order valence-electron chi connectivity index (χ3n) is 17.6. The fourth-order valence-corrected chi connectivity index (χ4v) is 15.6. The van der Waals surface area contributed by atoms with Crippen LogP contribution in [-0.4, -0.2) is 62.3 Å². The van der Waals surface area contributed by atoms with E-state index < -0.39 is 51.5 Å². The van der Waals surface area contributed by atoms with Crippen LogP contribution in [-0.2, 0) is 4.79 Å². The van der Waals surface area contributed by atoms with Crippen molar-refractivity contribution in [1.29, 1.82) is 0 Å². The van der Waals surface area contributed by atoms with Gasteiger partial charge >= 0.3 is 0 Å². The number of hydrogen-bond donors (Lipinski definition) is 5. The minimum atomic E-state index is -1.18. The molecule has 7 aliphatic carbocycles. The molecule has 5 fully saturated rings. The number of carbonyl (C=O) groups excluding carboxylic acids is 1. The number of aliphatic hydroxyl groups excluding tert-OH is 4. The molecule has 0 aliphatic heterocycles. The summed E-state index contributed by atoms with van der Waals surface area (Å²) in [6.45, 7) is 13.2. The lowest BCUT2D eigenvalue weighted by atomic mass is 9.27. The zero-order valence-electron chi connectivity index (χ0n) is 30.9. The quantitative estimate of drug-likeness (QED) is 0.142. The summed E-state index contributed by atoms with van der Waals surface area (Å²) in [7, 11) is 0. The van der Waals surface area contributed by atoms with E-state index in [-0.39, 0.29) is 41.0 Å². The maximum Gasteiger partial charge on any atom is 0.159 e. The third kappa shape index (κ3) is 4.08. The molecule has 7 aliphatic rings. The minimum Gasteiger partial charge on any atom is -0.396 e. The molecule has 1 spiro atoms. The predicted molar refractivity (Wildman–Crippen MR) is 188 cm³/mol. The fraction of sp³-hybridized carbons (Fsp3) is 0.881. The number of hydrogen-bond acceptors (Lipinski definition) is 6. The number of carbonyl (C=O) groups is 1. The van der Waals surface area contributed by atoms with Gasteiger partial charge < -0.3 is 25.5 Å². The average molecular weight is 667 g/mol. The summed E-state index contributed by atoms with van der Waals surface area (Å²) < 4.78 is 0. The Morgan fingerprint density at radius 2 is 1.71 bits per heavy atom. The number of ketones is 1. The SMILES string of the molecule is CCCCCCC12CCC(O)C(C)(C(O)CO)C1CCC1(C)C2C(=O)C=C2C3CC(C)(C)CC45CCCC4C=CC(O)(CC21C)C35CO. The summed E-state index contributed by atoms with van der Waals surface area (Å²) in [4.78, 5) is 15.3. The molecule has 0 aromatic rings. The first kappa shape index (κ1) is 35.4. The molecular formula is C42H66O6. The van der Waals surface area contributed by atoms with E-state index in [1.165, 1.54) is 5.57 Å². The van der Waals surface area contributed by atoms with E-state index in [1.807, 2.05) is 13.0 Å². The largest absolute Gasteiger partial charge is 0.396 e. The van der Waals surface area contributed by atoms with Crippen molar-refractivity contribution in [3.05, 3.63) is 23.8 Å². The van der Waals surface area contributed by atoms with Gasteiger partial charge in [-0.2, -0.15) is 0 Å². The molecule has 48 heavy (non-hydrogen) atoms. The molecule has 0 radical (unpaired) electrons. The van der Waals surface area contributed by atoms with E-state index in [1.54, 1.807) is 0 Å². The zero-order valence-corrected chi connectivity index (χ0v) is 30.9. The van der Waals surface area contributed by atoms with Crippen LogP contribution in [0.2, 0.25) is 0 Å². The number of aliphatic hydroxyl groups is 5. The summed E-state index contributed by atoms with van der Waals surface area (Å²) in [5.41, 5.74) is -3.15. The van der Waals surface area contributed by atoms with Crippen LogP contribution in [0.15, 0.2) is 23.8 Å². The first-order valence-corrected chi connectivity index (χ1v) is 19.8. The number of fused-ring (bicyclic) bond motifs is 6. The molecule has 13 atom stereocenters. The van der Waals surface area contributed by atoms with Crippen molar-refractivity contribution in [3.8, 4) is 0 Å². The van der Waals surface area contributed by atoms with Gasteiger partial charge in [0.25, 0.3) is 0 Å². The van der Waals surface area contributed by atoms with Crippen LogP contribution in [0.5, 0.6) is 0 Å². The summed E-state index contributed by atoms with van der Waals surface area (Å²) in [5.74, 6) is 0.0278. The monoisotopic (exact) mass is 666 g/mol. The van der Waals surface area contributed by atoms with Crippen molar-refractivity contribution in [3.63, 3.8) is 0 Å². The Morgan fingerprint density at radius 1 is 0.958 bits per heavy atom. The summed E-state index contributed by atoms with van der Waals surface area (Å²) in [6.07, 6.45) is 18.2. The Balaban J connectivity index is 1.43. The Labute approximate surface area is 289 Å². The highest BCUT2D eigenvalue weighted by atomic mass is 16.3. The van der Waals surface area contributed by atoms with Gasteiger partial charge in [-0.15, -0.1) is 0 Å². The first-order chi connectivity index (χ1) is 22.5. The van der Waals surface area contributed by atoms with Gasteiger partial charge in [0, 0.05) is 16.7 Å². The van der Waals surface area contributed by atoms with Crippen molar-refractivity contribution >= 4 is 5.78 Å². The highest BCUT2D eigenvalue weighted by Crippen LogP contribution is 2.82. The first-order valence-electron chi connectivity index (χ1n) is 19.8. The van der Waals surface area contributed by atoms with Crippen LogP contribution < -0.4 is 0 Å². The zero-order chi connectivity index (χ0) is 34.8. The van der Waals surface area contributed by atoms with Crippen LogP contribution in [0.25, 0.3) is 0 Å². The van der Waals surface area contributed by atoms with Crippen molar-refractivity contribution in [1.82, 2.24) is 0 Å². The molecule has 5 N–H and O–H groups in total. The molecule has 6 nitrogen and oxygen atoms in total. The molecule has 6 heteroatoms. The van der Waals surface area contributed by atoms with Crippen LogP contribution in [0.3, 0.4) is 0 Å². The highest BCUT2D eigenvalue weighted by Gasteiger charge is 2.80. The van der Waals surface area contributed by atoms with Crippen LogP contribution >= 0.6 is 0 Å². The van der Waals surface area contributed by atoms with Crippen LogP contribution in [0.4, 0.5) is 0 Å². The molecule has 0 heterocycles. The molecule has 5 saturated carbocycles. The lowest BCUT2D eigenvalue weighted by molar-refractivity contribution is -0.281. The smallest absolute Gasteiger partial charge is 0.159 e. The Morgan fingerprint density at radius 3 is 2.40 bits per heavy atom. The van der Waals surface area contributed by atoms with E-state index in [0.29, 0.717) is 18.8 Å². The molecule has 13 unspecified atom stereocenters. The second kappa shape index (κ2) is 11.2. The van der Waals surface area contributed by atoms with E-state index in [0.717, 1.165) is 83.5 Å². The van der Waals surface area contributed by atoms with Gasteiger partial charge in [0.1, 0.15) is 0 Å². The van der Waals surface area contributed by atoms with Crippen molar-refractivity contribution in [2.45, 2.75) is 156 Å². The van der Waals surface area contributed by atoms with Crippen LogP contribution in [0.1, 0.15) is 138 Å². The lowest BCUT2D eigenvalue weighted by Crippen LogP contribution is -2.76. The topological polar surface area (TPSA) is 118 Å². The molecule has 0 aromatic heterocycles. The van der Waals surface area contributed by atoms with E-state index in [2.05, 4.69) is 46.8 Å². The number of unbranched alkanes of at least 4 members (excludes halogenated alkanes) is 3. The molecule has 7 rings (SSSR count). The third-order valence-corrected chi connectivity index (χ3v) is 17.6. The summed E-state index contributed by atoms with van der Waals surface area (Å²) >= 11 is 0. The van der Waals surface area contributed by atoms with Gasteiger partial charge in [-0.25, -0.2) is 0 Å². The molecular weight excluding hydrogens is 600 g/mol. The van der Waals surface area contributed by atoms with Crippen molar-refractivity contribution in [2.75, 3.05) is 13.2 Å². The van der Waals surface area contributed by atoms with Crippen molar-refractivity contribution < 1.29 is 30.3 Å². The fourth-order valence-electron chi connectivity index (χ4n) is 15.6. The second-order valence-electron chi connectivity index (χ2n) is 19.8. The van der Waals surface area contributed by atoms with Gasteiger partial charge in [-0.3, -0.25) is 4.79 Å². The summed E-state index contributed by atoms with van der Waals surface area (Å²) in [5, 5.41) is 58.3. The average Bonchev–Trinajstić information content (AvgIpc) is 3.43. The molecule has 0 aromatic carbocycles. The Hall–Kier alpha value is -1.05. The molecule has 0 amide bonds. The van der Waals surface area contributed by atoms with E-state index in [9.17, 15) is 25.5 Å². The predicted octanol–water partition coefficient (Wildman–Crippen LogP) is 6.91. The lowest BCUT2D eigenvalue weighted by Gasteiger charge is -2.77. The Bertz CT molecular complexity index is 1360. The van der Waals surface area contributed by atoms with E-state index >= 15 is 4.79 Å².